The number of nitrogens with zero attached hydrogens (tertiary/aromatic N) is 3. The molecule has 5 heteroatoms. The highest BCUT2D eigenvalue weighted by Gasteiger charge is 2.29. The summed E-state index contributed by atoms with van der Waals surface area (Å²) in [5.74, 6) is -0.161. The Kier molecular flexibility index (Phi) is 5.12. The van der Waals surface area contributed by atoms with Crippen LogP contribution in [0.15, 0.2) is 48.5 Å². The number of carbonyl (C=O) groups is 1. The summed E-state index contributed by atoms with van der Waals surface area (Å²) in [6.45, 7) is 4.34. The Hall–Kier alpha value is -2.40. The van der Waals surface area contributed by atoms with E-state index in [1.165, 1.54) is 30.7 Å². The first-order valence-electron chi connectivity index (χ1n) is 9.72. The van der Waals surface area contributed by atoms with Crippen LogP contribution in [0.1, 0.15) is 34.8 Å². The van der Waals surface area contributed by atoms with Crippen LogP contribution in [0, 0.1) is 5.82 Å². The van der Waals surface area contributed by atoms with Crippen molar-refractivity contribution in [1.29, 1.82) is 0 Å². The third-order valence-corrected chi connectivity index (χ3v) is 5.78. The minimum Gasteiger partial charge on any atom is -0.372 e. The molecule has 2 aromatic rings. The van der Waals surface area contributed by atoms with Crippen molar-refractivity contribution in [2.24, 2.45) is 0 Å². The monoisotopic (exact) mass is 367 g/mol. The molecule has 2 aromatic carbocycles. The van der Waals surface area contributed by atoms with E-state index < -0.39 is 0 Å². The highest BCUT2D eigenvalue weighted by atomic mass is 19.1. The van der Waals surface area contributed by atoms with Gasteiger partial charge in [0.1, 0.15) is 5.82 Å². The van der Waals surface area contributed by atoms with Crippen LogP contribution in [0.4, 0.5) is 10.1 Å². The van der Waals surface area contributed by atoms with E-state index in [0.717, 1.165) is 30.8 Å². The fourth-order valence-corrected chi connectivity index (χ4v) is 4.08. The number of piperazine rings is 1. The molecular weight excluding hydrogens is 341 g/mol. The van der Waals surface area contributed by atoms with Gasteiger partial charge in [-0.1, -0.05) is 12.1 Å². The third kappa shape index (κ3) is 3.83. The summed E-state index contributed by atoms with van der Waals surface area (Å²) < 4.78 is 13.2. The molecule has 142 valence electrons. The first kappa shape index (κ1) is 18.0. The number of likely N-dealkylation sites (N-methyl/N-ethyl adjacent to an activating group) is 1. The van der Waals surface area contributed by atoms with Crippen LogP contribution >= 0.6 is 0 Å². The normalized spacial score (nSPS) is 20.9. The number of hydrogen-bond donors (Lipinski definition) is 0. The van der Waals surface area contributed by atoms with E-state index in [1.54, 1.807) is 0 Å². The van der Waals surface area contributed by atoms with Crippen LogP contribution in [0.2, 0.25) is 0 Å². The Morgan fingerprint density at radius 3 is 2.26 bits per heavy atom. The van der Waals surface area contributed by atoms with Gasteiger partial charge in [-0.3, -0.25) is 9.69 Å². The molecule has 27 heavy (non-hydrogen) atoms. The van der Waals surface area contributed by atoms with Gasteiger partial charge in [0, 0.05) is 44.0 Å². The molecule has 2 heterocycles. The van der Waals surface area contributed by atoms with Gasteiger partial charge in [0.05, 0.1) is 6.04 Å². The summed E-state index contributed by atoms with van der Waals surface area (Å²) in [6.07, 6.45) is 2.49. The molecule has 0 radical (unpaired) electrons. The maximum atomic E-state index is 13.2. The van der Waals surface area contributed by atoms with Crippen LogP contribution in [0.5, 0.6) is 0 Å². The molecule has 0 N–H and O–H groups in total. The zero-order valence-electron chi connectivity index (χ0n) is 15.8. The highest BCUT2D eigenvalue weighted by molar-refractivity contribution is 5.94. The number of halogens is 1. The van der Waals surface area contributed by atoms with E-state index >= 15 is 0 Å². The molecule has 2 saturated heterocycles. The molecule has 1 unspecified atom stereocenters. The first-order valence-corrected chi connectivity index (χ1v) is 9.72. The fraction of sp³-hybridized carbons (Fsp3) is 0.409. The van der Waals surface area contributed by atoms with Crippen LogP contribution in [0.25, 0.3) is 0 Å². The Bertz CT molecular complexity index is 784. The van der Waals surface area contributed by atoms with E-state index in [1.807, 2.05) is 29.2 Å². The van der Waals surface area contributed by atoms with Gasteiger partial charge in [-0.25, -0.2) is 4.39 Å². The zero-order chi connectivity index (χ0) is 18.8. The topological polar surface area (TPSA) is 26.8 Å². The smallest absolute Gasteiger partial charge is 0.253 e. The summed E-state index contributed by atoms with van der Waals surface area (Å²) in [5, 5.41) is 0. The summed E-state index contributed by atoms with van der Waals surface area (Å²) in [7, 11) is 2.06. The average molecular weight is 367 g/mol. The van der Waals surface area contributed by atoms with Gasteiger partial charge in [-0.05, 0) is 61.9 Å². The molecule has 2 fully saturated rings. The molecule has 0 aliphatic carbocycles. The number of hydrogen-bond acceptors (Lipinski definition) is 3. The molecule has 0 saturated carbocycles. The second-order valence-electron chi connectivity index (χ2n) is 7.54. The summed E-state index contributed by atoms with van der Waals surface area (Å²) >= 11 is 0. The molecule has 0 bridgehead atoms. The quantitative estimate of drug-likeness (QED) is 0.830. The lowest BCUT2D eigenvalue weighted by Gasteiger charge is -2.39. The maximum absolute atomic E-state index is 13.2. The Balaban J connectivity index is 1.47. The van der Waals surface area contributed by atoms with E-state index in [2.05, 4.69) is 29.0 Å². The Morgan fingerprint density at radius 1 is 0.926 bits per heavy atom. The number of anilines is 1. The molecule has 2 aliphatic rings. The van der Waals surface area contributed by atoms with Gasteiger partial charge in [-0.15, -0.1) is 0 Å². The maximum Gasteiger partial charge on any atom is 0.253 e. The lowest BCUT2D eigenvalue weighted by atomic mass is 10.0. The van der Waals surface area contributed by atoms with E-state index in [-0.39, 0.29) is 17.8 Å². The van der Waals surface area contributed by atoms with Crippen LogP contribution in [-0.4, -0.2) is 55.5 Å². The van der Waals surface area contributed by atoms with Crippen molar-refractivity contribution in [2.45, 2.75) is 18.9 Å². The number of carbonyl (C=O) groups excluding carboxylic acids is 1. The predicted octanol–water partition coefficient (Wildman–Crippen LogP) is 3.55. The molecule has 0 aromatic heterocycles. The number of amides is 1. The van der Waals surface area contributed by atoms with E-state index in [0.29, 0.717) is 13.1 Å². The average Bonchev–Trinajstić information content (AvgIpc) is 3.24. The molecule has 1 atom stereocenters. The van der Waals surface area contributed by atoms with E-state index in [4.69, 9.17) is 0 Å². The second-order valence-corrected chi connectivity index (χ2v) is 7.54. The largest absolute Gasteiger partial charge is 0.372 e. The molecule has 1 amide bonds. The van der Waals surface area contributed by atoms with Crippen molar-refractivity contribution in [3.05, 3.63) is 65.5 Å². The van der Waals surface area contributed by atoms with Gasteiger partial charge in [0.15, 0.2) is 0 Å². The summed E-state index contributed by atoms with van der Waals surface area (Å²) in [5.41, 5.74) is 2.98. The number of benzene rings is 2. The van der Waals surface area contributed by atoms with Crippen molar-refractivity contribution in [2.75, 3.05) is 44.7 Å². The van der Waals surface area contributed by atoms with Gasteiger partial charge in [0.25, 0.3) is 5.91 Å². The van der Waals surface area contributed by atoms with Gasteiger partial charge in [0.2, 0.25) is 0 Å². The third-order valence-electron chi connectivity index (χ3n) is 5.78. The molecule has 0 spiro atoms. The second kappa shape index (κ2) is 7.69. The van der Waals surface area contributed by atoms with Crippen LogP contribution in [-0.2, 0) is 0 Å². The molecular formula is C22H26FN3O. The van der Waals surface area contributed by atoms with Crippen molar-refractivity contribution >= 4 is 11.6 Å². The SMILES string of the molecule is CN1CCN(C(=O)c2ccc(N3CCCC3)cc2)CC1c1ccc(F)cc1. The standard InChI is InChI=1S/C22H26FN3O/c1-24-14-15-26(16-21(24)17-4-8-19(23)9-5-17)22(27)18-6-10-20(11-7-18)25-12-2-3-13-25/h4-11,21H,2-3,12-16H2,1H3. The van der Waals surface area contributed by atoms with Crippen molar-refractivity contribution in [3.8, 4) is 0 Å². The van der Waals surface area contributed by atoms with Crippen LogP contribution < -0.4 is 4.90 Å². The van der Waals surface area contributed by atoms with Crippen molar-refractivity contribution in [3.63, 3.8) is 0 Å². The first-order chi connectivity index (χ1) is 13.1. The number of rotatable bonds is 3. The Labute approximate surface area is 160 Å². The predicted molar refractivity (Wildman–Crippen MR) is 106 cm³/mol. The van der Waals surface area contributed by atoms with Gasteiger partial charge >= 0.3 is 0 Å². The van der Waals surface area contributed by atoms with Crippen molar-refractivity contribution in [1.82, 2.24) is 9.80 Å². The summed E-state index contributed by atoms with van der Waals surface area (Å²) in [6, 6.07) is 14.7. The minimum absolute atomic E-state index is 0.0724. The minimum atomic E-state index is -0.233. The van der Waals surface area contributed by atoms with Gasteiger partial charge in [-0.2, -0.15) is 0 Å². The fourth-order valence-electron chi connectivity index (χ4n) is 4.08. The van der Waals surface area contributed by atoms with Gasteiger partial charge < -0.3 is 9.80 Å². The van der Waals surface area contributed by atoms with E-state index in [9.17, 15) is 9.18 Å². The van der Waals surface area contributed by atoms with Crippen molar-refractivity contribution < 1.29 is 9.18 Å². The van der Waals surface area contributed by atoms with Crippen LogP contribution in [0.3, 0.4) is 0 Å². The zero-order valence-corrected chi connectivity index (χ0v) is 15.8. The lowest BCUT2D eigenvalue weighted by Crippen LogP contribution is -2.49. The molecule has 4 rings (SSSR count). The summed E-state index contributed by atoms with van der Waals surface area (Å²) in [4.78, 5) is 19.5. The Morgan fingerprint density at radius 2 is 1.59 bits per heavy atom. The molecule has 2 aliphatic heterocycles. The highest BCUT2D eigenvalue weighted by Crippen LogP contribution is 2.26. The molecule has 4 nitrogen and oxygen atoms in total. The lowest BCUT2D eigenvalue weighted by molar-refractivity contribution is 0.0546.